The maximum Gasteiger partial charge on any atom is 0.311 e. The van der Waals surface area contributed by atoms with Crippen molar-refractivity contribution in [1.82, 2.24) is 20.2 Å². The van der Waals surface area contributed by atoms with Crippen molar-refractivity contribution in [3.05, 3.63) is 28.2 Å². The molecule has 1 unspecified atom stereocenters. The van der Waals surface area contributed by atoms with E-state index in [-0.39, 0.29) is 6.54 Å². The van der Waals surface area contributed by atoms with Gasteiger partial charge < -0.3 is 5.11 Å². The Morgan fingerprint density at radius 2 is 2.19 bits per heavy atom. The number of carboxylic acid groups (broad SMARTS) is 1. The highest BCUT2D eigenvalue weighted by atomic mass is 79.9. The smallest absolute Gasteiger partial charge is 0.311 e. The molecule has 0 aliphatic heterocycles. The summed E-state index contributed by atoms with van der Waals surface area (Å²) in [4.78, 5) is 11.4. The highest BCUT2D eigenvalue weighted by Gasteiger charge is 2.33. The number of hydrogen-bond acceptors (Lipinski definition) is 4. The Morgan fingerprint density at radius 3 is 2.76 bits per heavy atom. The van der Waals surface area contributed by atoms with E-state index in [4.69, 9.17) is 0 Å². The van der Waals surface area contributed by atoms with Crippen LogP contribution in [-0.2, 0) is 11.3 Å². The van der Waals surface area contributed by atoms with E-state index in [0.717, 1.165) is 15.6 Å². The number of aromatic nitrogens is 4. The molecule has 0 bridgehead atoms. The van der Waals surface area contributed by atoms with E-state index in [0.29, 0.717) is 12.2 Å². The Bertz CT molecular complexity index is 671. The largest absolute Gasteiger partial charge is 0.481 e. The number of benzene rings is 1. The molecule has 2 aromatic rings. The third-order valence-electron chi connectivity index (χ3n) is 3.69. The minimum absolute atomic E-state index is 0.224. The number of hydrogen-bond donors (Lipinski definition) is 1. The number of carboxylic acids is 1. The van der Waals surface area contributed by atoms with Crippen LogP contribution in [0.2, 0.25) is 0 Å². The molecule has 1 heterocycles. The zero-order valence-corrected chi connectivity index (χ0v) is 13.8. The van der Waals surface area contributed by atoms with Crippen molar-refractivity contribution in [2.75, 3.05) is 0 Å². The van der Waals surface area contributed by atoms with Gasteiger partial charge >= 0.3 is 5.97 Å². The third-order valence-corrected chi connectivity index (χ3v) is 4.35. The summed E-state index contributed by atoms with van der Waals surface area (Å²) in [5.41, 5.74) is 1.06. The summed E-state index contributed by atoms with van der Waals surface area (Å²) >= 11 is 3.50. The van der Waals surface area contributed by atoms with E-state index in [1.807, 2.05) is 32.0 Å². The van der Waals surface area contributed by atoms with Crippen molar-refractivity contribution in [1.29, 1.82) is 0 Å². The van der Waals surface area contributed by atoms with Gasteiger partial charge in [0.05, 0.1) is 12.0 Å². The first-order valence-electron chi connectivity index (χ1n) is 6.63. The SMILES string of the molecule is CCC(C)(Cn1nnnc1-c1ccc(C)cc1Br)C(=O)O. The monoisotopic (exact) mass is 352 g/mol. The van der Waals surface area contributed by atoms with Crippen LogP contribution < -0.4 is 0 Å². The molecule has 7 heteroatoms. The lowest BCUT2D eigenvalue weighted by atomic mass is 9.88. The van der Waals surface area contributed by atoms with Crippen molar-refractivity contribution in [3.8, 4) is 11.4 Å². The highest BCUT2D eigenvalue weighted by Crippen LogP contribution is 2.30. The second-order valence-electron chi connectivity index (χ2n) is 5.36. The summed E-state index contributed by atoms with van der Waals surface area (Å²) in [6.45, 7) is 5.77. The van der Waals surface area contributed by atoms with Gasteiger partial charge in [-0.05, 0) is 48.4 Å². The Kier molecular flexibility index (Phi) is 4.41. The topological polar surface area (TPSA) is 80.9 Å². The van der Waals surface area contributed by atoms with Crippen LogP contribution in [0.4, 0.5) is 0 Å². The zero-order chi connectivity index (χ0) is 15.6. The summed E-state index contributed by atoms with van der Waals surface area (Å²) in [6, 6.07) is 5.87. The number of rotatable bonds is 5. The van der Waals surface area contributed by atoms with Crippen molar-refractivity contribution in [3.63, 3.8) is 0 Å². The molecule has 1 aromatic heterocycles. The molecule has 21 heavy (non-hydrogen) atoms. The molecule has 112 valence electrons. The first-order valence-corrected chi connectivity index (χ1v) is 7.43. The molecule has 0 radical (unpaired) electrons. The Hall–Kier alpha value is -1.76. The molecule has 1 N–H and O–H groups in total. The van der Waals surface area contributed by atoms with Crippen molar-refractivity contribution in [2.24, 2.45) is 5.41 Å². The number of halogens is 1. The maximum atomic E-state index is 11.4. The molecule has 0 spiro atoms. The van der Waals surface area contributed by atoms with Crippen LogP contribution in [0, 0.1) is 12.3 Å². The summed E-state index contributed by atoms with van der Waals surface area (Å²) in [6.07, 6.45) is 0.497. The fraction of sp³-hybridized carbons (Fsp3) is 0.429. The molecular formula is C14H17BrN4O2. The van der Waals surface area contributed by atoms with E-state index >= 15 is 0 Å². The Morgan fingerprint density at radius 1 is 1.48 bits per heavy atom. The quantitative estimate of drug-likeness (QED) is 0.894. The van der Waals surface area contributed by atoms with Crippen LogP contribution in [0.3, 0.4) is 0 Å². The Labute approximate surface area is 131 Å². The second kappa shape index (κ2) is 5.93. The normalized spacial score (nSPS) is 13.9. The predicted octanol–water partition coefficient (Wildman–Crippen LogP) is 2.91. The summed E-state index contributed by atoms with van der Waals surface area (Å²) in [5, 5.41) is 21.1. The standard InChI is InChI=1S/C14H17BrN4O2/c1-4-14(3,13(20)21)8-19-12(16-17-18-19)10-6-5-9(2)7-11(10)15/h5-7H,4,8H2,1-3H3,(H,20,21). The number of nitrogens with zero attached hydrogens (tertiary/aromatic N) is 4. The van der Waals surface area contributed by atoms with Crippen LogP contribution in [-0.4, -0.2) is 31.3 Å². The third kappa shape index (κ3) is 3.12. The van der Waals surface area contributed by atoms with E-state index in [2.05, 4.69) is 31.5 Å². The van der Waals surface area contributed by atoms with E-state index < -0.39 is 11.4 Å². The average molecular weight is 353 g/mol. The molecule has 2 rings (SSSR count). The number of aliphatic carboxylic acids is 1. The molecule has 0 aliphatic rings. The van der Waals surface area contributed by atoms with Crippen LogP contribution in [0.25, 0.3) is 11.4 Å². The first kappa shape index (κ1) is 15.6. The fourth-order valence-corrected chi connectivity index (χ4v) is 2.64. The second-order valence-corrected chi connectivity index (χ2v) is 6.22. The minimum atomic E-state index is -0.901. The highest BCUT2D eigenvalue weighted by molar-refractivity contribution is 9.10. The predicted molar refractivity (Wildman–Crippen MR) is 81.7 cm³/mol. The molecule has 1 aromatic carbocycles. The number of tetrazole rings is 1. The van der Waals surface area contributed by atoms with Crippen LogP contribution in [0.5, 0.6) is 0 Å². The van der Waals surface area contributed by atoms with E-state index in [1.54, 1.807) is 11.6 Å². The van der Waals surface area contributed by atoms with Crippen LogP contribution in [0.15, 0.2) is 22.7 Å². The molecule has 0 saturated carbocycles. The molecule has 1 atom stereocenters. The average Bonchev–Trinajstić information content (AvgIpc) is 2.86. The number of aryl methyl sites for hydroxylation is 1. The van der Waals surface area contributed by atoms with Gasteiger partial charge in [-0.15, -0.1) is 5.10 Å². The van der Waals surface area contributed by atoms with Crippen molar-refractivity contribution >= 4 is 21.9 Å². The first-order chi connectivity index (χ1) is 9.87. The van der Waals surface area contributed by atoms with Crippen molar-refractivity contribution < 1.29 is 9.90 Å². The van der Waals surface area contributed by atoms with Gasteiger partial charge in [0.15, 0.2) is 5.82 Å². The molecule has 0 saturated heterocycles. The molecule has 0 aliphatic carbocycles. The van der Waals surface area contributed by atoms with Gasteiger partial charge in [0.2, 0.25) is 0 Å². The lowest BCUT2D eigenvalue weighted by molar-refractivity contribution is -0.149. The molecule has 0 fully saturated rings. The van der Waals surface area contributed by atoms with Gasteiger partial charge in [0.25, 0.3) is 0 Å². The van der Waals surface area contributed by atoms with Crippen LogP contribution >= 0.6 is 15.9 Å². The van der Waals surface area contributed by atoms with Gasteiger partial charge in [0, 0.05) is 10.0 Å². The minimum Gasteiger partial charge on any atom is -0.481 e. The van der Waals surface area contributed by atoms with Gasteiger partial charge in [-0.2, -0.15) is 0 Å². The number of carbonyl (C=O) groups is 1. The lowest BCUT2D eigenvalue weighted by Crippen LogP contribution is -2.32. The van der Waals surface area contributed by atoms with Crippen molar-refractivity contribution in [2.45, 2.75) is 33.7 Å². The summed E-state index contributed by atoms with van der Waals surface area (Å²) in [7, 11) is 0. The molecule has 0 amide bonds. The van der Waals surface area contributed by atoms with Gasteiger partial charge in [0.1, 0.15) is 0 Å². The van der Waals surface area contributed by atoms with Crippen LogP contribution in [0.1, 0.15) is 25.8 Å². The van der Waals surface area contributed by atoms with E-state index in [9.17, 15) is 9.90 Å². The molecular weight excluding hydrogens is 336 g/mol. The summed E-state index contributed by atoms with van der Waals surface area (Å²) in [5.74, 6) is -0.294. The van der Waals surface area contributed by atoms with E-state index in [1.165, 1.54) is 0 Å². The molecule has 6 nitrogen and oxygen atoms in total. The lowest BCUT2D eigenvalue weighted by Gasteiger charge is -2.23. The zero-order valence-electron chi connectivity index (χ0n) is 12.2. The summed E-state index contributed by atoms with van der Waals surface area (Å²) < 4.78 is 2.43. The van der Waals surface area contributed by atoms with Gasteiger partial charge in [-0.3, -0.25) is 4.79 Å². The Balaban J connectivity index is 2.41. The van der Waals surface area contributed by atoms with Gasteiger partial charge in [-0.1, -0.05) is 28.9 Å². The maximum absolute atomic E-state index is 11.4. The van der Waals surface area contributed by atoms with Gasteiger partial charge in [-0.25, -0.2) is 4.68 Å². The fourth-order valence-electron chi connectivity index (χ4n) is 1.97.